The van der Waals surface area contributed by atoms with Crippen LogP contribution in [-0.4, -0.2) is 16.6 Å². The minimum atomic E-state index is -0.212. The zero-order valence-corrected chi connectivity index (χ0v) is 12.8. The number of anilines is 1. The molecule has 0 fully saturated rings. The van der Waals surface area contributed by atoms with Gasteiger partial charge in [0.15, 0.2) is 10.3 Å². The molecule has 0 atom stereocenters. The molecule has 3 nitrogen and oxygen atoms in total. The molecule has 0 saturated heterocycles. The van der Waals surface area contributed by atoms with Crippen molar-refractivity contribution in [1.82, 2.24) is 10.3 Å². The summed E-state index contributed by atoms with van der Waals surface area (Å²) >= 11 is 11.1. The second-order valence-electron chi connectivity index (χ2n) is 4.45. The Balaban J connectivity index is 1.70. The van der Waals surface area contributed by atoms with Crippen LogP contribution in [0.25, 0.3) is 0 Å². The van der Waals surface area contributed by atoms with E-state index >= 15 is 0 Å². The summed E-state index contributed by atoms with van der Waals surface area (Å²) < 4.78 is 12.8. The average Bonchev–Trinajstić information content (AvgIpc) is 2.48. The van der Waals surface area contributed by atoms with Gasteiger partial charge in [-0.3, -0.25) is 0 Å². The largest absolute Gasteiger partial charge is 0.362 e. The topological polar surface area (TPSA) is 37.0 Å². The first kappa shape index (κ1) is 15.7. The lowest BCUT2D eigenvalue weighted by molar-refractivity contribution is 0.626. The summed E-state index contributed by atoms with van der Waals surface area (Å²) in [5.41, 5.74) is 1.78. The molecule has 2 rings (SSSR count). The molecule has 0 spiro atoms. The van der Waals surface area contributed by atoms with Crippen molar-refractivity contribution in [3.05, 3.63) is 59.1 Å². The number of aryl methyl sites for hydroxylation is 1. The van der Waals surface area contributed by atoms with Gasteiger partial charge in [0.1, 0.15) is 5.82 Å². The summed E-state index contributed by atoms with van der Waals surface area (Å²) in [4.78, 5) is 3.96. The van der Waals surface area contributed by atoms with Gasteiger partial charge in [-0.2, -0.15) is 0 Å². The van der Waals surface area contributed by atoms with Crippen LogP contribution in [0, 0.1) is 5.82 Å². The quantitative estimate of drug-likeness (QED) is 0.498. The molecule has 1 aromatic heterocycles. The average molecular weight is 324 g/mol. The van der Waals surface area contributed by atoms with E-state index in [2.05, 4.69) is 15.6 Å². The van der Waals surface area contributed by atoms with E-state index in [4.69, 9.17) is 23.8 Å². The van der Waals surface area contributed by atoms with E-state index in [0.717, 1.165) is 24.9 Å². The lowest BCUT2D eigenvalue weighted by Crippen LogP contribution is -2.29. The Kier molecular flexibility index (Phi) is 5.90. The summed E-state index contributed by atoms with van der Waals surface area (Å²) in [6.45, 7) is 0.723. The maximum atomic E-state index is 12.8. The van der Waals surface area contributed by atoms with Crippen LogP contribution in [0.3, 0.4) is 0 Å². The molecule has 6 heteroatoms. The van der Waals surface area contributed by atoms with Gasteiger partial charge in [-0.05, 0) is 54.9 Å². The zero-order chi connectivity index (χ0) is 15.1. The number of benzene rings is 1. The number of hydrogen-bond acceptors (Lipinski definition) is 2. The van der Waals surface area contributed by atoms with E-state index < -0.39 is 0 Å². The lowest BCUT2D eigenvalue weighted by atomic mass is 10.1. The molecular formula is C15H15ClFN3S. The van der Waals surface area contributed by atoms with Crippen LogP contribution in [-0.2, 0) is 6.42 Å². The van der Waals surface area contributed by atoms with Gasteiger partial charge < -0.3 is 10.6 Å². The summed E-state index contributed by atoms with van der Waals surface area (Å²) in [7, 11) is 0. The Morgan fingerprint density at radius 1 is 1.24 bits per heavy atom. The van der Waals surface area contributed by atoms with Crippen molar-refractivity contribution in [3.63, 3.8) is 0 Å². The smallest absolute Gasteiger partial charge is 0.170 e. The highest BCUT2D eigenvalue weighted by atomic mass is 35.5. The molecule has 0 radical (unpaired) electrons. The highest BCUT2D eigenvalue weighted by Gasteiger charge is 2.02. The molecule has 21 heavy (non-hydrogen) atoms. The molecule has 0 aliphatic rings. The zero-order valence-electron chi connectivity index (χ0n) is 11.3. The molecule has 1 heterocycles. The summed E-state index contributed by atoms with van der Waals surface area (Å²) in [5, 5.41) is 6.98. The predicted octanol–water partition coefficient (Wildman–Crippen LogP) is 3.79. The second-order valence-corrected chi connectivity index (χ2v) is 5.22. The highest BCUT2D eigenvalue weighted by molar-refractivity contribution is 7.80. The maximum absolute atomic E-state index is 12.8. The summed E-state index contributed by atoms with van der Waals surface area (Å²) in [6, 6.07) is 10.1. The number of rotatable bonds is 5. The third-order valence-corrected chi connectivity index (χ3v) is 3.40. The number of aromatic nitrogens is 1. The number of nitrogens with one attached hydrogen (secondary N) is 2. The minimum absolute atomic E-state index is 0.212. The van der Waals surface area contributed by atoms with Crippen molar-refractivity contribution in [1.29, 1.82) is 0 Å². The standard InChI is InChI=1S/C15H15ClFN3S/c16-14-13(4-2-9-18-14)20-15(21)19-10-1-3-11-5-7-12(17)8-6-11/h2,4-9H,1,3,10H2,(H2,19,20,21). The Labute approximate surface area is 133 Å². The molecule has 110 valence electrons. The van der Waals surface area contributed by atoms with Crippen LogP contribution in [0.1, 0.15) is 12.0 Å². The van der Waals surface area contributed by atoms with Gasteiger partial charge in [-0.15, -0.1) is 0 Å². The van der Waals surface area contributed by atoms with Gasteiger partial charge in [0.25, 0.3) is 0 Å². The number of thiocarbonyl (C=S) groups is 1. The molecule has 0 bridgehead atoms. The first-order chi connectivity index (χ1) is 10.1. The van der Waals surface area contributed by atoms with E-state index in [1.54, 1.807) is 24.4 Å². The molecule has 0 amide bonds. The molecule has 0 aliphatic carbocycles. The van der Waals surface area contributed by atoms with Crippen LogP contribution < -0.4 is 10.6 Å². The summed E-state index contributed by atoms with van der Waals surface area (Å²) in [6.07, 6.45) is 3.38. The van der Waals surface area contributed by atoms with Gasteiger partial charge in [0.05, 0.1) is 5.69 Å². The molecule has 0 unspecified atom stereocenters. The Hall–Kier alpha value is -1.72. The van der Waals surface area contributed by atoms with Crippen molar-refractivity contribution in [3.8, 4) is 0 Å². The molecule has 0 saturated carbocycles. The molecule has 0 aliphatic heterocycles. The van der Waals surface area contributed by atoms with Crippen molar-refractivity contribution < 1.29 is 4.39 Å². The van der Waals surface area contributed by atoms with E-state index in [-0.39, 0.29) is 5.82 Å². The van der Waals surface area contributed by atoms with Crippen LogP contribution >= 0.6 is 23.8 Å². The van der Waals surface area contributed by atoms with Crippen molar-refractivity contribution in [2.45, 2.75) is 12.8 Å². The fourth-order valence-corrected chi connectivity index (χ4v) is 2.17. The number of nitrogens with zero attached hydrogens (tertiary/aromatic N) is 1. The van der Waals surface area contributed by atoms with Crippen LogP contribution in [0.2, 0.25) is 5.15 Å². The van der Waals surface area contributed by atoms with E-state index in [0.29, 0.717) is 16.0 Å². The van der Waals surface area contributed by atoms with E-state index in [1.807, 2.05) is 6.07 Å². The van der Waals surface area contributed by atoms with E-state index in [9.17, 15) is 4.39 Å². The minimum Gasteiger partial charge on any atom is -0.362 e. The number of hydrogen-bond donors (Lipinski definition) is 2. The SMILES string of the molecule is Fc1ccc(CCCNC(=S)Nc2cccnc2Cl)cc1. The summed E-state index contributed by atoms with van der Waals surface area (Å²) in [5.74, 6) is -0.212. The van der Waals surface area contributed by atoms with Gasteiger partial charge in [0, 0.05) is 12.7 Å². The predicted molar refractivity (Wildman–Crippen MR) is 88.2 cm³/mol. The van der Waals surface area contributed by atoms with Crippen molar-refractivity contribution in [2.75, 3.05) is 11.9 Å². The lowest BCUT2D eigenvalue weighted by Gasteiger charge is -2.11. The normalized spacial score (nSPS) is 10.2. The van der Waals surface area contributed by atoms with Gasteiger partial charge in [0.2, 0.25) is 0 Å². The number of halogens is 2. The third-order valence-electron chi connectivity index (χ3n) is 2.85. The van der Waals surface area contributed by atoms with Gasteiger partial charge >= 0.3 is 0 Å². The Morgan fingerprint density at radius 2 is 2.00 bits per heavy atom. The molecule has 1 aromatic carbocycles. The first-order valence-electron chi connectivity index (χ1n) is 6.55. The van der Waals surface area contributed by atoms with Gasteiger partial charge in [-0.1, -0.05) is 23.7 Å². The van der Waals surface area contributed by atoms with Gasteiger partial charge in [-0.25, -0.2) is 9.37 Å². The monoisotopic (exact) mass is 323 g/mol. The molecule has 2 aromatic rings. The van der Waals surface area contributed by atoms with Crippen molar-refractivity contribution >= 4 is 34.6 Å². The molecular weight excluding hydrogens is 309 g/mol. The fraction of sp³-hybridized carbons (Fsp3) is 0.200. The Bertz CT molecular complexity index is 604. The number of pyridine rings is 1. The van der Waals surface area contributed by atoms with Crippen molar-refractivity contribution in [2.24, 2.45) is 0 Å². The molecule has 2 N–H and O–H groups in total. The van der Waals surface area contributed by atoms with Crippen LogP contribution in [0.15, 0.2) is 42.6 Å². The van der Waals surface area contributed by atoms with E-state index in [1.165, 1.54) is 12.1 Å². The maximum Gasteiger partial charge on any atom is 0.170 e. The first-order valence-corrected chi connectivity index (χ1v) is 7.33. The fourth-order valence-electron chi connectivity index (χ4n) is 1.79. The van der Waals surface area contributed by atoms with Crippen LogP contribution in [0.5, 0.6) is 0 Å². The third kappa shape index (κ3) is 5.28. The second kappa shape index (κ2) is 7.90. The van der Waals surface area contributed by atoms with Crippen LogP contribution in [0.4, 0.5) is 10.1 Å². The highest BCUT2D eigenvalue weighted by Crippen LogP contribution is 2.16. The Morgan fingerprint density at radius 3 is 2.71 bits per heavy atom.